The average Bonchev–Trinajstić information content (AvgIpc) is 2.72. The smallest absolute Gasteiger partial charge is 0.261 e. The van der Waals surface area contributed by atoms with Crippen LogP contribution in [0.4, 0.5) is 4.39 Å². The topological polar surface area (TPSA) is 58.6 Å². The number of ether oxygens (including phenoxy) is 1. The van der Waals surface area contributed by atoms with Crippen molar-refractivity contribution < 1.29 is 18.7 Å². The first-order chi connectivity index (χ1) is 14.3. The van der Waals surface area contributed by atoms with Gasteiger partial charge < -0.3 is 15.0 Å². The van der Waals surface area contributed by atoms with Crippen LogP contribution in [0, 0.1) is 5.82 Å². The number of benzene rings is 2. The third-order valence-electron chi connectivity index (χ3n) is 4.51. The second kappa shape index (κ2) is 11.8. The maximum Gasteiger partial charge on any atom is 0.261 e. The number of rotatable bonds is 10. The highest BCUT2D eigenvalue weighted by Gasteiger charge is 2.26. The van der Waals surface area contributed by atoms with Gasteiger partial charge in [0.25, 0.3) is 5.91 Å². The maximum absolute atomic E-state index is 13.2. The van der Waals surface area contributed by atoms with Crippen LogP contribution in [0.2, 0.25) is 10.0 Å². The Kier molecular flexibility index (Phi) is 9.40. The average molecular weight is 455 g/mol. The van der Waals surface area contributed by atoms with Crippen LogP contribution in [0.3, 0.4) is 0 Å². The van der Waals surface area contributed by atoms with Crippen LogP contribution in [-0.4, -0.2) is 35.9 Å². The SMILES string of the molecule is CCCCNC(=O)[C@H](C)N(Cc1ccc(F)cc1)C(=O)COc1ccc(Cl)cc1Cl. The number of carbonyl (C=O) groups is 2. The van der Waals surface area contributed by atoms with Gasteiger partial charge in [-0.2, -0.15) is 0 Å². The third kappa shape index (κ3) is 7.18. The van der Waals surface area contributed by atoms with Gasteiger partial charge in [0, 0.05) is 18.1 Å². The number of halogens is 3. The Morgan fingerprint density at radius 1 is 1.17 bits per heavy atom. The highest BCUT2D eigenvalue weighted by Crippen LogP contribution is 2.27. The summed E-state index contributed by atoms with van der Waals surface area (Å²) in [6, 6.07) is 9.74. The molecule has 1 atom stereocenters. The van der Waals surface area contributed by atoms with E-state index in [2.05, 4.69) is 5.32 Å². The summed E-state index contributed by atoms with van der Waals surface area (Å²) < 4.78 is 18.8. The molecule has 5 nitrogen and oxygen atoms in total. The first-order valence-corrected chi connectivity index (χ1v) is 10.5. The lowest BCUT2D eigenvalue weighted by molar-refractivity contribution is -0.142. The van der Waals surface area contributed by atoms with Gasteiger partial charge in [0.1, 0.15) is 17.6 Å². The Balaban J connectivity index is 2.12. The largest absolute Gasteiger partial charge is 0.482 e. The zero-order chi connectivity index (χ0) is 22.1. The Morgan fingerprint density at radius 3 is 2.50 bits per heavy atom. The molecule has 0 saturated carbocycles. The summed E-state index contributed by atoms with van der Waals surface area (Å²) in [6.07, 6.45) is 1.80. The van der Waals surface area contributed by atoms with Crippen molar-refractivity contribution in [1.82, 2.24) is 10.2 Å². The Bertz CT molecular complexity index is 862. The predicted octanol–water partition coefficient (Wildman–Crippen LogP) is 4.84. The fraction of sp³-hybridized carbons (Fsp3) is 0.364. The van der Waals surface area contributed by atoms with E-state index in [1.807, 2.05) is 6.92 Å². The summed E-state index contributed by atoms with van der Waals surface area (Å²) in [7, 11) is 0. The van der Waals surface area contributed by atoms with E-state index in [1.54, 1.807) is 31.2 Å². The number of carbonyl (C=O) groups excluding carboxylic acids is 2. The minimum absolute atomic E-state index is 0.138. The minimum atomic E-state index is -0.733. The van der Waals surface area contributed by atoms with Gasteiger partial charge in [-0.05, 0) is 49.2 Å². The second-order valence-electron chi connectivity index (χ2n) is 6.83. The van der Waals surface area contributed by atoms with Crippen LogP contribution < -0.4 is 10.1 Å². The predicted molar refractivity (Wildman–Crippen MR) is 116 cm³/mol. The quantitative estimate of drug-likeness (QED) is 0.522. The van der Waals surface area contributed by atoms with Crippen LogP contribution >= 0.6 is 23.2 Å². The number of unbranched alkanes of at least 4 members (excludes halogenated alkanes) is 1. The molecule has 0 saturated heterocycles. The minimum Gasteiger partial charge on any atom is -0.482 e. The Labute approximate surface area is 186 Å². The molecule has 30 heavy (non-hydrogen) atoms. The van der Waals surface area contributed by atoms with E-state index in [4.69, 9.17) is 27.9 Å². The molecule has 0 fully saturated rings. The van der Waals surface area contributed by atoms with Crippen molar-refractivity contribution in [3.05, 3.63) is 63.9 Å². The standard InChI is InChI=1S/C22H25Cl2FN2O3/c1-3-4-11-26-22(29)15(2)27(13-16-5-8-18(25)9-6-16)21(28)14-30-20-10-7-17(23)12-19(20)24/h5-10,12,15H,3-4,11,13-14H2,1-2H3,(H,26,29)/t15-/m0/s1. The number of hydrogen-bond acceptors (Lipinski definition) is 3. The van der Waals surface area contributed by atoms with Crippen molar-refractivity contribution >= 4 is 35.0 Å². The number of nitrogens with zero attached hydrogens (tertiary/aromatic N) is 1. The van der Waals surface area contributed by atoms with Crippen molar-refractivity contribution in [1.29, 1.82) is 0 Å². The molecule has 0 aliphatic rings. The van der Waals surface area contributed by atoms with E-state index in [9.17, 15) is 14.0 Å². The van der Waals surface area contributed by atoms with Crippen molar-refractivity contribution in [2.75, 3.05) is 13.2 Å². The van der Waals surface area contributed by atoms with E-state index in [1.165, 1.54) is 23.1 Å². The van der Waals surface area contributed by atoms with E-state index >= 15 is 0 Å². The van der Waals surface area contributed by atoms with Crippen LogP contribution in [0.5, 0.6) is 5.75 Å². The van der Waals surface area contributed by atoms with Crippen LogP contribution in [0.15, 0.2) is 42.5 Å². The molecular weight excluding hydrogens is 430 g/mol. The molecule has 162 valence electrons. The summed E-state index contributed by atoms with van der Waals surface area (Å²) >= 11 is 12.0. The van der Waals surface area contributed by atoms with E-state index in [0.717, 1.165) is 12.8 Å². The van der Waals surface area contributed by atoms with Gasteiger partial charge in [-0.1, -0.05) is 48.7 Å². The van der Waals surface area contributed by atoms with Gasteiger partial charge in [0.2, 0.25) is 5.91 Å². The monoisotopic (exact) mass is 454 g/mol. The molecule has 0 unspecified atom stereocenters. The molecule has 0 bridgehead atoms. The van der Waals surface area contributed by atoms with Crippen LogP contribution in [0.1, 0.15) is 32.3 Å². The maximum atomic E-state index is 13.2. The third-order valence-corrected chi connectivity index (χ3v) is 5.04. The fourth-order valence-corrected chi connectivity index (χ4v) is 3.18. The molecule has 2 rings (SSSR count). The van der Waals surface area contributed by atoms with Crippen molar-refractivity contribution in [3.8, 4) is 5.75 Å². The lowest BCUT2D eigenvalue weighted by atomic mass is 10.1. The summed E-state index contributed by atoms with van der Waals surface area (Å²) in [6.45, 7) is 4.04. The van der Waals surface area contributed by atoms with Gasteiger partial charge in [0.15, 0.2) is 6.61 Å². The fourth-order valence-electron chi connectivity index (χ4n) is 2.72. The van der Waals surface area contributed by atoms with Crippen molar-refractivity contribution in [2.45, 2.75) is 39.3 Å². The highest BCUT2D eigenvalue weighted by atomic mass is 35.5. The molecule has 0 spiro atoms. The number of nitrogens with one attached hydrogen (secondary N) is 1. The molecule has 0 heterocycles. The van der Waals surface area contributed by atoms with Gasteiger partial charge >= 0.3 is 0 Å². The summed E-state index contributed by atoms with van der Waals surface area (Å²) in [5.74, 6) is -0.717. The summed E-state index contributed by atoms with van der Waals surface area (Å²) in [5, 5.41) is 3.57. The van der Waals surface area contributed by atoms with Crippen molar-refractivity contribution in [2.24, 2.45) is 0 Å². The van der Waals surface area contributed by atoms with E-state index < -0.39 is 11.9 Å². The highest BCUT2D eigenvalue weighted by molar-refractivity contribution is 6.35. The normalized spacial score (nSPS) is 11.6. The molecule has 1 N–H and O–H groups in total. The van der Waals surface area contributed by atoms with Crippen LogP contribution in [0.25, 0.3) is 0 Å². The summed E-state index contributed by atoms with van der Waals surface area (Å²) in [4.78, 5) is 26.9. The lowest BCUT2D eigenvalue weighted by Gasteiger charge is -2.28. The number of amides is 2. The molecule has 0 aromatic heterocycles. The van der Waals surface area contributed by atoms with Crippen LogP contribution in [-0.2, 0) is 16.1 Å². The molecule has 0 radical (unpaired) electrons. The lowest BCUT2D eigenvalue weighted by Crippen LogP contribution is -2.49. The zero-order valence-electron chi connectivity index (χ0n) is 17.0. The number of hydrogen-bond donors (Lipinski definition) is 1. The molecule has 0 aliphatic heterocycles. The molecule has 2 aromatic carbocycles. The molecule has 8 heteroatoms. The van der Waals surface area contributed by atoms with Gasteiger partial charge in [-0.15, -0.1) is 0 Å². The second-order valence-corrected chi connectivity index (χ2v) is 7.68. The Morgan fingerprint density at radius 2 is 1.87 bits per heavy atom. The molecular formula is C22H25Cl2FN2O3. The van der Waals surface area contributed by atoms with Gasteiger partial charge in [-0.3, -0.25) is 9.59 Å². The first-order valence-electron chi connectivity index (χ1n) is 9.71. The summed E-state index contributed by atoms with van der Waals surface area (Å²) in [5.41, 5.74) is 0.697. The molecule has 2 amide bonds. The molecule has 0 aliphatic carbocycles. The van der Waals surface area contributed by atoms with Crippen molar-refractivity contribution in [3.63, 3.8) is 0 Å². The van der Waals surface area contributed by atoms with E-state index in [0.29, 0.717) is 22.9 Å². The Hall–Kier alpha value is -2.31. The zero-order valence-corrected chi connectivity index (χ0v) is 18.5. The first kappa shape index (κ1) is 24.0. The molecule has 2 aromatic rings. The van der Waals surface area contributed by atoms with E-state index in [-0.39, 0.29) is 29.9 Å². The van der Waals surface area contributed by atoms with Gasteiger partial charge in [-0.25, -0.2) is 4.39 Å². The van der Waals surface area contributed by atoms with Gasteiger partial charge in [0.05, 0.1) is 5.02 Å².